The Morgan fingerprint density at radius 2 is 1.75 bits per heavy atom. The van der Waals surface area contributed by atoms with Gasteiger partial charge in [0.05, 0.1) is 11.7 Å². The van der Waals surface area contributed by atoms with E-state index in [1.54, 1.807) is 0 Å². The van der Waals surface area contributed by atoms with Crippen molar-refractivity contribution in [2.24, 2.45) is 15.9 Å². The van der Waals surface area contributed by atoms with Gasteiger partial charge < -0.3 is 0 Å². The van der Waals surface area contributed by atoms with Crippen molar-refractivity contribution in [1.29, 1.82) is 0 Å². The summed E-state index contributed by atoms with van der Waals surface area (Å²) in [5.41, 5.74) is 4.17. The summed E-state index contributed by atoms with van der Waals surface area (Å²) in [6.07, 6.45) is 3.17. The molecule has 0 saturated heterocycles. The maximum absolute atomic E-state index is 4.89. The molecule has 0 fully saturated rings. The zero-order chi connectivity index (χ0) is 18.5. The average molecular weight is 333 g/mol. The first kappa shape index (κ1) is 19.0. The zero-order valence-electron chi connectivity index (χ0n) is 17.4. The molecule has 2 unspecified atom stereocenters. The van der Waals surface area contributed by atoms with Crippen LogP contribution in [0.5, 0.6) is 0 Å². The lowest BCUT2D eigenvalue weighted by Gasteiger charge is -2.43. The molecule has 0 aliphatic carbocycles. The summed E-state index contributed by atoms with van der Waals surface area (Å²) in [6, 6.07) is 0.414. The topological polar surface area (TPSA) is 33.4 Å². The maximum Gasteiger partial charge on any atom is 0.0631 e. The second-order valence-corrected chi connectivity index (χ2v) is 9.64. The molecule has 1 aliphatic heterocycles. The molecule has 2 rings (SSSR count). The van der Waals surface area contributed by atoms with Crippen LogP contribution in [-0.4, -0.2) is 33.6 Å². The minimum atomic E-state index is 0.0802. The summed E-state index contributed by atoms with van der Waals surface area (Å²) >= 11 is 0. The Bertz CT molecular complexity index is 627. The SMILES string of the molecule is Cc1nn(CCC2=NN(C)C(C)C2(C)C(C)(C)C)cc1C(C)(C)C. The Morgan fingerprint density at radius 1 is 1.17 bits per heavy atom. The molecule has 0 saturated carbocycles. The molecule has 24 heavy (non-hydrogen) atoms. The Hall–Kier alpha value is -1.32. The van der Waals surface area contributed by atoms with Gasteiger partial charge >= 0.3 is 0 Å². The van der Waals surface area contributed by atoms with Crippen LogP contribution in [0.15, 0.2) is 11.3 Å². The van der Waals surface area contributed by atoms with Gasteiger partial charge in [0.15, 0.2) is 0 Å². The number of hydrazone groups is 1. The smallest absolute Gasteiger partial charge is 0.0631 e. The highest BCUT2D eigenvalue weighted by Crippen LogP contribution is 2.48. The first-order chi connectivity index (χ1) is 10.8. The fourth-order valence-corrected chi connectivity index (χ4v) is 3.95. The number of hydrogen-bond donors (Lipinski definition) is 0. The quantitative estimate of drug-likeness (QED) is 0.809. The van der Waals surface area contributed by atoms with E-state index in [0.717, 1.165) is 18.7 Å². The van der Waals surface area contributed by atoms with Gasteiger partial charge in [0.2, 0.25) is 0 Å². The van der Waals surface area contributed by atoms with E-state index < -0.39 is 0 Å². The lowest BCUT2D eigenvalue weighted by molar-refractivity contribution is 0.0990. The molecule has 0 N–H and O–H groups in total. The van der Waals surface area contributed by atoms with Crippen LogP contribution < -0.4 is 0 Å². The number of nitrogens with zero attached hydrogens (tertiary/aromatic N) is 4. The van der Waals surface area contributed by atoms with Crippen molar-refractivity contribution in [3.63, 3.8) is 0 Å². The molecule has 0 radical (unpaired) electrons. The molecule has 4 heteroatoms. The molecule has 0 spiro atoms. The highest BCUT2D eigenvalue weighted by molar-refractivity contribution is 5.92. The Morgan fingerprint density at radius 3 is 2.21 bits per heavy atom. The van der Waals surface area contributed by atoms with Crippen LogP contribution >= 0.6 is 0 Å². The molecule has 2 atom stereocenters. The van der Waals surface area contributed by atoms with Crippen molar-refractivity contribution in [3.05, 3.63) is 17.5 Å². The monoisotopic (exact) mass is 332 g/mol. The van der Waals surface area contributed by atoms with E-state index in [1.807, 2.05) is 0 Å². The number of aryl methyl sites for hydroxylation is 2. The van der Waals surface area contributed by atoms with Gasteiger partial charge in [0.1, 0.15) is 0 Å². The predicted molar refractivity (Wildman–Crippen MR) is 103 cm³/mol. The molecule has 0 bridgehead atoms. The zero-order valence-corrected chi connectivity index (χ0v) is 17.4. The van der Waals surface area contributed by atoms with Crippen LogP contribution in [-0.2, 0) is 12.0 Å². The lowest BCUT2D eigenvalue weighted by Crippen LogP contribution is -2.48. The van der Waals surface area contributed by atoms with Crippen LogP contribution in [0.2, 0.25) is 0 Å². The first-order valence-electron chi connectivity index (χ1n) is 9.14. The van der Waals surface area contributed by atoms with E-state index >= 15 is 0 Å². The van der Waals surface area contributed by atoms with Gasteiger partial charge in [-0.3, -0.25) is 9.69 Å². The third kappa shape index (κ3) is 3.12. The van der Waals surface area contributed by atoms with Gasteiger partial charge in [-0.05, 0) is 30.2 Å². The minimum absolute atomic E-state index is 0.0802. The van der Waals surface area contributed by atoms with E-state index in [-0.39, 0.29) is 16.2 Å². The molecule has 0 amide bonds. The largest absolute Gasteiger partial charge is 0.296 e. The summed E-state index contributed by atoms with van der Waals surface area (Å²) in [5, 5.41) is 11.8. The van der Waals surface area contributed by atoms with E-state index in [1.165, 1.54) is 11.3 Å². The van der Waals surface area contributed by atoms with Crippen molar-refractivity contribution >= 4 is 5.71 Å². The van der Waals surface area contributed by atoms with Gasteiger partial charge in [-0.2, -0.15) is 10.2 Å². The van der Waals surface area contributed by atoms with E-state index in [4.69, 9.17) is 10.2 Å². The van der Waals surface area contributed by atoms with Gasteiger partial charge in [0.25, 0.3) is 0 Å². The fourth-order valence-electron chi connectivity index (χ4n) is 3.95. The molecular formula is C20H36N4. The van der Waals surface area contributed by atoms with Crippen molar-refractivity contribution in [2.45, 2.75) is 86.7 Å². The molecule has 4 nitrogen and oxygen atoms in total. The normalized spacial score (nSPS) is 25.3. The van der Waals surface area contributed by atoms with Gasteiger partial charge in [-0.15, -0.1) is 0 Å². The minimum Gasteiger partial charge on any atom is -0.296 e. The predicted octanol–water partition coefficient (Wildman–Crippen LogP) is 4.62. The van der Waals surface area contributed by atoms with Gasteiger partial charge in [-0.1, -0.05) is 48.5 Å². The van der Waals surface area contributed by atoms with Gasteiger partial charge in [-0.25, -0.2) is 0 Å². The van der Waals surface area contributed by atoms with Crippen LogP contribution in [0, 0.1) is 17.8 Å². The number of hydrogen-bond acceptors (Lipinski definition) is 3. The van der Waals surface area contributed by atoms with Crippen LogP contribution in [0.4, 0.5) is 0 Å². The highest BCUT2D eigenvalue weighted by Gasteiger charge is 2.51. The summed E-state index contributed by atoms with van der Waals surface area (Å²) in [5.74, 6) is 0. The van der Waals surface area contributed by atoms with Gasteiger partial charge in [0, 0.05) is 37.3 Å². The number of rotatable bonds is 3. The second kappa shape index (κ2) is 5.89. The Kier molecular flexibility index (Phi) is 4.66. The molecular weight excluding hydrogens is 296 g/mol. The van der Waals surface area contributed by atoms with E-state index in [0.29, 0.717) is 6.04 Å². The van der Waals surface area contributed by atoms with Crippen LogP contribution in [0.25, 0.3) is 0 Å². The third-order valence-corrected chi connectivity index (χ3v) is 6.16. The third-order valence-electron chi connectivity index (χ3n) is 6.16. The average Bonchev–Trinajstić information content (AvgIpc) is 2.90. The maximum atomic E-state index is 4.89. The molecule has 0 aromatic carbocycles. The fraction of sp³-hybridized carbons (Fsp3) is 0.800. The second-order valence-electron chi connectivity index (χ2n) is 9.64. The van der Waals surface area contributed by atoms with Crippen LogP contribution in [0.1, 0.15) is 73.1 Å². The molecule has 136 valence electrons. The van der Waals surface area contributed by atoms with Crippen molar-refractivity contribution < 1.29 is 0 Å². The highest BCUT2D eigenvalue weighted by atomic mass is 15.5. The summed E-state index contributed by atoms with van der Waals surface area (Å²) < 4.78 is 2.10. The Balaban J connectivity index is 2.21. The summed E-state index contributed by atoms with van der Waals surface area (Å²) in [4.78, 5) is 0. The lowest BCUT2D eigenvalue weighted by atomic mass is 9.61. The summed E-state index contributed by atoms with van der Waals surface area (Å²) in [7, 11) is 2.09. The van der Waals surface area contributed by atoms with Crippen molar-refractivity contribution in [3.8, 4) is 0 Å². The molecule has 2 heterocycles. The molecule has 1 aromatic rings. The van der Waals surface area contributed by atoms with Crippen LogP contribution in [0.3, 0.4) is 0 Å². The first-order valence-corrected chi connectivity index (χ1v) is 9.14. The van der Waals surface area contributed by atoms with Crippen molar-refractivity contribution in [2.75, 3.05) is 7.05 Å². The number of aromatic nitrogens is 2. The standard InChI is InChI=1S/C20H36N4/c1-14-16(18(3,4)5)13-24(21-14)12-11-17-20(9,19(6,7)8)15(2)23(10)22-17/h13,15H,11-12H2,1-10H3. The van der Waals surface area contributed by atoms with E-state index in [9.17, 15) is 0 Å². The Labute approximate surface area is 148 Å². The van der Waals surface area contributed by atoms with Crippen molar-refractivity contribution in [1.82, 2.24) is 14.8 Å². The molecule has 1 aliphatic rings. The van der Waals surface area contributed by atoms with E-state index in [2.05, 4.69) is 85.2 Å². The summed E-state index contributed by atoms with van der Waals surface area (Å²) in [6.45, 7) is 21.4. The molecule has 1 aromatic heterocycles.